The van der Waals surface area contributed by atoms with Crippen LogP contribution in [-0.4, -0.2) is 59.2 Å². The highest BCUT2D eigenvalue weighted by atomic mass is 16.5. The quantitative estimate of drug-likeness (QED) is 0.717. The Labute approximate surface area is 150 Å². The SMILES string of the molecule is COC(=O)c1ccc(N(C)C2CCN(c3ncnc4[nH]ccc34)C2)nc1. The summed E-state index contributed by atoms with van der Waals surface area (Å²) in [6, 6.07) is 5.92. The number of aromatic amines is 1. The largest absolute Gasteiger partial charge is 0.465 e. The molecule has 1 unspecified atom stereocenters. The summed E-state index contributed by atoms with van der Waals surface area (Å²) in [7, 11) is 3.39. The van der Waals surface area contributed by atoms with Crippen LogP contribution in [0.4, 0.5) is 11.6 Å². The molecule has 4 heterocycles. The second kappa shape index (κ2) is 6.62. The molecule has 0 bridgehead atoms. The van der Waals surface area contributed by atoms with Crippen molar-refractivity contribution in [2.75, 3.05) is 37.0 Å². The molecule has 1 fully saturated rings. The van der Waals surface area contributed by atoms with Gasteiger partial charge in [-0.3, -0.25) is 0 Å². The molecule has 1 N–H and O–H groups in total. The molecule has 1 aliphatic heterocycles. The van der Waals surface area contributed by atoms with Crippen molar-refractivity contribution in [2.45, 2.75) is 12.5 Å². The van der Waals surface area contributed by atoms with E-state index < -0.39 is 0 Å². The Kier molecular flexibility index (Phi) is 4.16. The number of nitrogens with one attached hydrogen (secondary N) is 1. The maximum absolute atomic E-state index is 11.5. The summed E-state index contributed by atoms with van der Waals surface area (Å²) in [6.07, 6.45) is 6.04. The third kappa shape index (κ3) is 2.83. The molecule has 8 nitrogen and oxygen atoms in total. The number of nitrogens with zero attached hydrogens (tertiary/aromatic N) is 5. The van der Waals surface area contributed by atoms with Gasteiger partial charge in [-0.15, -0.1) is 0 Å². The third-order valence-electron chi connectivity index (χ3n) is 4.87. The fraction of sp³-hybridized carbons (Fsp3) is 0.333. The van der Waals surface area contributed by atoms with Crippen molar-refractivity contribution in [1.82, 2.24) is 19.9 Å². The van der Waals surface area contributed by atoms with Gasteiger partial charge in [0.2, 0.25) is 0 Å². The number of methoxy groups -OCH3 is 1. The topological polar surface area (TPSA) is 87.2 Å². The third-order valence-corrected chi connectivity index (χ3v) is 4.87. The molecule has 3 aromatic heterocycles. The zero-order valence-electron chi connectivity index (χ0n) is 14.7. The van der Waals surface area contributed by atoms with E-state index in [2.05, 4.69) is 29.7 Å². The molecule has 3 aromatic rings. The van der Waals surface area contributed by atoms with Gasteiger partial charge in [-0.2, -0.15) is 0 Å². The van der Waals surface area contributed by atoms with Gasteiger partial charge < -0.3 is 19.5 Å². The van der Waals surface area contributed by atoms with E-state index in [1.807, 2.05) is 25.4 Å². The Bertz CT molecular complexity index is 923. The van der Waals surface area contributed by atoms with E-state index in [-0.39, 0.29) is 5.97 Å². The minimum Gasteiger partial charge on any atom is -0.465 e. The number of fused-ring (bicyclic) bond motifs is 1. The van der Waals surface area contributed by atoms with Gasteiger partial charge in [0.05, 0.1) is 18.1 Å². The van der Waals surface area contributed by atoms with Gasteiger partial charge in [0.25, 0.3) is 0 Å². The molecule has 134 valence electrons. The lowest BCUT2D eigenvalue weighted by atomic mass is 10.2. The van der Waals surface area contributed by atoms with Crippen LogP contribution in [0, 0.1) is 0 Å². The molecular weight excluding hydrogens is 332 g/mol. The van der Waals surface area contributed by atoms with Gasteiger partial charge in [-0.05, 0) is 24.6 Å². The molecule has 1 aliphatic rings. The van der Waals surface area contributed by atoms with E-state index in [1.165, 1.54) is 7.11 Å². The second-order valence-electron chi connectivity index (χ2n) is 6.33. The summed E-state index contributed by atoms with van der Waals surface area (Å²) in [5.74, 6) is 1.41. The normalized spacial score (nSPS) is 16.8. The van der Waals surface area contributed by atoms with Gasteiger partial charge in [0.15, 0.2) is 0 Å². The number of hydrogen-bond donors (Lipinski definition) is 1. The molecule has 4 rings (SSSR count). The van der Waals surface area contributed by atoms with Crippen molar-refractivity contribution in [3.8, 4) is 0 Å². The van der Waals surface area contributed by atoms with Crippen molar-refractivity contribution < 1.29 is 9.53 Å². The predicted octanol–water partition coefficient (Wildman–Crippen LogP) is 1.85. The van der Waals surface area contributed by atoms with Gasteiger partial charge in [0.1, 0.15) is 23.6 Å². The summed E-state index contributed by atoms with van der Waals surface area (Å²) in [4.78, 5) is 32.2. The van der Waals surface area contributed by atoms with Crippen LogP contribution >= 0.6 is 0 Å². The highest BCUT2D eigenvalue weighted by molar-refractivity contribution is 5.89. The molecular formula is C18H20N6O2. The van der Waals surface area contributed by atoms with Crippen molar-refractivity contribution >= 4 is 28.6 Å². The standard InChI is InChI=1S/C18H20N6O2/c1-23(15-4-3-12(9-20-15)18(25)26-2)13-6-8-24(10-13)17-14-5-7-19-16(14)21-11-22-17/h3-5,7,9,11,13H,6,8,10H2,1-2H3,(H,19,21,22). The molecule has 0 aliphatic carbocycles. The van der Waals surface area contributed by atoms with Crippen LogP contribution in [0.2, 0.25) is 0 Å². The van der Waals surface area contributed by atoms with E-state index in [0.29, 0.717) is 11.6 Å². The van der Waals surface area contributed by atoms with Gasteiger partial charge >= 0.3 is 5.97 Å². The highest BCUT2D eigenvalue weighted by Crippen LogP contribution is 2.28. The van der Waals surface area contributed by atoms with Crippen LogP contribution < -0.4 is 9.80 Å². The molecule has 0 spiro atoms. The number of likely N-dealkylation sites (N-methyl/N-ethyl adjacent to an activating group) is 1. The monoisotopic (exact) mass is 352 g/mol. The molecule has 8 heteroatoms. The lowest BCUT2D eigenvalue weighted by Gasteiger charge is -2.26. The molecule has 0 saturated carbocycles. The minimum absolute atomic E-state index is 0.315. The predicted molar refractivity (Wildman–Crippen MR) is 98.5 cm³/mol. The average Bonchev–Trinajstić information content (AvgIpc) is 3.36. The fourth-order valence-electron chi connectivity index (χ4n) is 3.38. The number of hydrogen-bond acceptors (Lipinski definition) is 7. The summed E-state index contributed by atoms with van der Waals surface area (Å²) < 4.78 is 4.71. The number of aromatic nitrogens is 4. The zero-order chi connectivity index (χ0) is 18.1. The summed E-state index contributed by atoms with van der Waals surface area (Å²) >= 11 is 0. The maximum atomic E-state index is 11.5. The number of H-pyrrole nitrogens is 1. The average molecular weight is 352 g/mol. The van der Waals surface area contributed by atoms with Gasteiger partial charge in [-0.25, -0.2) is 19.7 Å². The second-order valence-corrected chi connectivity index (χ2v) is 6.33. The number of ether oxygens (including phenoxy) is 1. The van der Waals surface area contributed by atoms with Crippen LogP contribution in [0.25, 0.3) is 11.0 Å². The first-order chi connectivity index (χ1) is 12.7. The summed E-state index contributed by atoms with van der Waals surface area (Å²) in [5.41, 5.74) is 1.31. The Balaban J connectivity index is 1.49. The van der Waals surface area contributed by atoms with Crippen molar-refractivity contribution in [1.29, 1.82) is 0 Å². The molecule has 0 amide bonds. The Hall–Kier alpha value is -3.16. The number of pyridine rings is 1. The van der Waals surface area contributed by atoms with Gasteiger partial charge in [-0.1, -0.05) is 0 Å². The first-order valence-electron chi connectivity index (χ1n) is 8.47. The van der Waals surface area contributed by atoms with Crippen LogP contribution in [0.15, 0.2) is 36.9 Å². The number of anilines is 2. The van der Waals surface area contributed by atoms with Crippen molar-refractivity contribution in [3.63, 3.8) is 0 Å². The van der Waals surface area contributed by atoms with E-state index in [9.17, 15) is 4.79 Å². The lowest BCUT2D eigenvalue weighted by molar-refractivity contribution is 0.0600. The van der Waals surface area contributed by atoms with E-state index in [0.717, 1.165) is 42.2 Å². The fourth-order valence-corrected chi connectivity index (χ4v) is 3.38. The lowest BCUT2D eigenvalue weighted by Crippen LogP contribution is -2.35. The molecule has 1 atom stereocenters. The zero-order valence-corrected chi connectivity index (χ0v) is 14.7. The Morgan fingerprint density at radius 1 is 1.31 bits per heavy atom. The molecule has 0 aromatic carbocycles. The Morgan fingerprint density at radius 3 is 2.96 bits per heavy atom. The van der Waals surface area contributed by atoms with Gasteiger partial charge in [0, 0.05) is 38.6 Å². The molecule has 0 radical (unpaired) electrons. The van der Waals surface area contributed by atoms with Crippen molar-refractivity contribution in [2.24, 2.45) is 0 Å². The minimum atomic E-state index is -0.377. The maximum Gasteiger partial charge on any atom is 0.339 e. The number of esters is 1. The van der Waals surface area contributed by atoms with E-state index in [4.69, 9.17) is 4.74 Å². The highest BCUT2D eigenvalue weighted by Gasteiger charge is 2.28. The first-order valence-corrected chi connectivity index (χ1v) is 8.47. The van der Waals surface area contributed by atoms with Crippen LogP contribution in [0.3, 0.4) is 0 Å². The molecule has 1 saturated heterocycles. The van der Waals surface area contributed by atoms with Crippen LogP contribution in [-0.2, 0) is 4.74 Å². The van der Waals surface area contributed by atoms with E-state index >= 15 is 0 Å². The summed E-state index contributed by atoms with van der Waals surface area (Å²) in [5, 5.41) is 1.04. The number of rotatable bonds is 4. The molecule has 26 heavy (non-hydrogen) atoms. The summed E-state index contributed by atoms with van der Waals surface area (Å²) in [6.45, 7) is 1.78. The number of carbonyl (C=O) groups is 1. The van der Waals surface area contributed by atoms with Crippen LogP contribution in [0.1, 0.15) is 16.8 Å². The van der Waals surface area contributed by atoms with E-state index in [1.54, 1.807) is 18.6 Å². The first kappa shape index (κ1) is 16.3. The van der Waals surface area contributed by atoms with Crippen LogP contribution in [0.5, 0.6) is 0 Å². The Morgan fingerprint density at radius 2 is 2.19 bits per heavy atom. The number of carbonyl (C=O) groups excluding carboxylic acids is 1. The smallest absolute Gasteiger partial charge is 0.339 e. The van der Waals surface area contributed by atoms with Crippen molar-refractivity contribution in [3.05, 3.63) is 42.5 Å².